The van der Waals surface area contributed by atoms with Crippen LogP contribution in [0, 0.1) is 20.2 Å². The summed E-state index contributed by atoms with van der Waals surface area (Å²) in [6.45, 7) is 0. The molecule has 25 heavy (non-hydrogen) atoms. The number of halogens is 2. The van der Waals surface area contributed by atoms with Crippen molar-refractivity contribution in [3.63, 3.8) is 0 Å². The number of benzene rings is 2. The van der Waals surface area contributed by atoms with Crippen LogP contribution in [0.15, 0.2) is 47.4 Å². The van der Waals surface area contributed by atoms with E-state index in [1.54, 1.807) is 0 Å². The van der Waals surface area contributed by atoms with E-state index in [-0.39, 0.29) is 56.3 Å². The first-order valence-electron chi connectivity index (χ1n) is 5.65. The minimum absolute atomic E-state index is 0. The van der Waals surface area contributed by atoms with Crippen molar-refractivity contribution in [2.24, 2.45) is 0 Å². The number of rotatable bonds is 3. The molecule has 0 aliphatic rings. The van der Waals surface area contributed by atoms with E-state index in [1.165, 1.54) is 30.3 Å². The third kappa shape index (κ3) is 8.59. The molecule has 130 valence electrons. The van der Waals surface area contributed by atoms with Crippen LogP contribution in [0.1, 0.15) is 0 Å². The predicted molar refractivity (Wildman–Crippen MR) is 85.2 cm³/mol. The molecule has 0 atom stereocenters. The summed E-state index contributed by atoms with van der Waals surface area (Å²) >= 11 is 11.0. The van der Waals surface area contributed by atoms with Gasteiger partial charge >= 0.3 is 29.6 Å². The number of nitro groups is 2. The van der Waals surface area contributed by atoms with Crippen LogP contribution in [0.5, 0.6) is 0 Å². The fourth-order valence-electron chi connectivity index (χ4n) is 1.30. The van der Waals surface area contributed by atoms with Gasteiger partial charge in [0, 0.05) is 34.3 Å². The Hall–Kier alpha value is -1.27. The Labute approximate surface area is 175 Å². The Balaban J connectivity index is 0. The normalized spacial score (nSPS) is 9.08. The molecule has 0 amide bonds. The molecule has 13 heteroatoms. The maximum absolute atomic E-state index is 10.5. The molecular weight excluding hydrogens is 410 g/mol. The van der Waals surface area contributed by atoms with Gasteiger partial charge in [-0.3, -0.25) is 20.2 Å². The monoisotopic (exact) mass is 417 g/mol. The summed E-state index contributed by atoms with van der Waals surface area (Å²) in [4.78, 5) is 18.9. The van der Waals surface area contributed by atoms with E-state index in [0.29, 0.717) is 5.02 Å². The maximum atomic E-state index is 10.5. The predicted octanol–water partition coefficient (Wildman–Crippen LogP) is 0.992. The molecule has 2 aromatic carbocycles. The molecule has 0 unspecified atom stereocenters. The summed E-state index contributed by atoms with van der Waals surface area (Å²) in [6.07, 6.45) is 0. The van der Waals surface area contributed by atoms with Gasteiger partial charge in [0.15, 0.2) is 0 Å². The molecule has 2 rings (SSSR count). The Kier molecular flexibility index (Phi) is 12.6. The van der Waals surface area contributed by atoms with Crippen LogP contribution < -0.4 is 29.6 Å². The average Bonchev–Trinajstić information content (AvgIpc) is 2.48. The molecule has 0 spiro atoms. The van der Waals surface area contributed by atoms with E-state index in [1.807, 2.05) is 0 Å². The summed E-state index contributed by atoms with van der Waals surface area (Å²) in [6, 6.07) is 8.92. The van der Waals surface area contributed by atoms with Gasteiger partial charge in [-0.05, 0) is 28.9 Å². The zero-order valence-corrected chi connectivity index (χ0v) is 16.8. The molecule has 2 aromatic rings. The average molecular weight is 418 g/mol. The molecule has 0 fully saturated rings. The fraction of sp³-hybridized carbons (Fsp3) is 0. The number of nitro benzene ring substituents is 2. The van der Waals surface area contributed by atoms with Gasteiger partial charge < -0.3 is 13.9 Å². The largest absolute Gasteiger partial charge is 1.00 e. The standard InChI is InChI=1S/C6H3ClNO4S.C6H4ClNO2.Na.H2O/c7-5-2-1-4(8(9)10)3-6(5)13(11)12;7-5-1-3-6(4-2-5)8(9)10;;/h1-3H;1-4H;;1H2/q-1;;+1;/p-1. The van der Waals surface area contributed by atoms with Crippen molar-refractivity contribution >= 4 is 45.3 Å². The number of nitrogens with zero attached hydrogens (tertiary/aromatic N) is 2. The van der Waals surface area contributed by atoms with Crippen LogP contribution in [0.3, 0.4) is 0 Å². The van der Waals surface area contributed by atoms with Gasteiger partial charge in [0.2, 0.25) is 0 Å². The number of hydrogen-bond acceptors (Lipinski definition) is 8. The van der Waals surface area contributed by atoms with Crippen LogP contribution in [-0.4, -0.2) is 15.3 Å². The molecule has 0 aliphatic carbocycles. The van der Waals surface area contributed by atoms with Crippen molar-refractivity contribution in [3.8, 4) is 0 Å². The van der Waals surface area contributed by atoms with E-state index in [9.17, 15) is 28.6 Å². The van der Waals surface area contributed by atoms with Gasteiger partial charge in [-0.1, -0.05) is 28.1 Å². The summed E-state index contributed by atoms with van der Waals surface area (Å²) < 4.78 is 21.0. The van der Waals surface area contributed by atoms with Crippen LogP contribution >= 0.6 is 23.2 Å². The van der Waals surface area contributed by atoms with Crippen molar-refractivity contribution < 1.29 is 53.3 Å². The molecule has 0 aliphatic heterocycles. The maximum Gasteiger partial charge on any atom is 1.00 e. The zero-order chi connectivity index (χ0) is 17.6. The van der Waals surface area contributed by atoms with Crippen molar-refractivity contribution in [1.29, 1.82) is 0 Å². The Morgan fingerprint density at radius 3 is 1.68 bits per heavy atom. The van der Waals surface area contributed by atoms with E-state index < -0.39 is 20.6 Å². The molecular formula is C12H8Cl2N2NaO7S-. The van der Waals surface area contributed by atoms with Gasteiger partial charge in [0.25, 0.3) is 11.4 Å². The molecule has 9 nitrogen and oxygen atoms in total. The molecule has 1 N–H and O–H groups in total. The Bertz CT molecular complexity index is 808. The number of hydrogen-bond donors (Lipinski definition) is 0. The summed E-state index contributed by atoms with van der Waals surface area (Å²) in [7, 11) is -2.55. The van der Waals surface area contributed by atoms with Crippen LogP contribution in [-0.2, 0) is 19.1 Å². The third-order valence-electron chi connectivity index (χ3n) is 2.34. The van der Waals surface area contributed by atoms with Gasteiger partial charge in [0.05, 0.1) is 9.85 Å². The molecule has 0 radical (unpaired) electrons. The van der Waals surface area contributed by atoms with Crippen LogP contribution in [0.2, 0.25) is 10.0 Å². The molecule has 0 heterocycles. The topological polar surface area (TPSA) is 150 Å². The van der Waals surface area contributed by atoms with E-state index in [0.717, 1.165) is 12.1 Å². The third-order valence-corrected chi connectivity index (χ3v) is 3.73. The minimum Gasteiger partial charge on any atom is -0.870 e. The second-order valence-electron chi connectivity index (χ2n) is 3.84. The summed E-state index contributed by atoms with van der Waals surface area (Å²) in [5, 5.41) is 20.8. The number of non-ortho nitro benzene ring substituents is 2. The van der Waals surface area contributed by atoms with Gasteiger partial charge in [-0.15, -0.1) is 0 Å². The Morgan fingerprint density at radius 1 is 0.840 bits per heavy atom. The second-order valence-corrected chi connectivity index (χ2v) is 5.59. The smallest absolute Gasteiger partial charge is 0.870 e. The molecule has 0 bridgehead atoms. The van der Waals surface area contributed by atoms with E-state index in [2.05, 4.69) is 0 Å². The molecule has 0 saturated carbocycles. The molecule has 0 aromatic heterocycles. The first-order valence-corrected chi connectivity index (χ1v) is 7.48. The summed E-state index contributed by atoms with van der Waals surface area (Å²) in [5.41, 5.74) is -0.243. The zero-order valence-electron chi connectivity index (χ0n) is 12.5. The van der Waals surface area contributed by atoms with Crippen LogP contribution in [0.4, 0.5) is 11.4 Å². The fourth-order valence-corrected chi connectivity index (χ4v) is 2.17. The van der Waals surface area contributed by atoms with Crippen molar-refractivity contribution in [1.82, 2.24) is 0 Å². The summed E-state index contributed by atoms with van der Waals surface area (Å²) in [5.74, 6) is 0. The first-order chi connectivity index (χ1) is 10.7. The first kappa shape index (κ1) is 26.0. The van der Waals surface area contributed by atoms with Gasteiger partial charge in [0.1, 0.15) is 0 Å². The van der Waals surface area contributed by atoms with Gasteiger partial charge in [-0.2, -0.15) is 0 Å². The van der Waals surface area contributed by atoms with Crippen molar-refractivity contribution in [2.45, 2.75) is 4.90 Å². The van der Waals surface area contributed by atoms with Crippen molar-refractivity contribution in [3.05, 3.63) is 72.7 Å². The minimum atomic E-state index is -2.55. The van der Waals surface area contributed by atoms with Gasteiger partial charge in [-0.25, -0.2) is 0 Å². The molecule has 0 saturated heterocycles. The van der Waals surface area contributed by atoms with E-state index in [4.69, 9.17) is 23.2 Å². The SMILES string of the molecule is O=[N+]([O-])c1ccc(Cl)c([S-](=O)=O)c1.O=[N+]([O-])c1ccc(Cl)cc1.[Na+].[OH-]. The Morgan fingerprint density at radius 2 is 1.28 bits per heavy atom. The van der Waals surface area contributed by atoms with E-state index >= 15 is 0 Å². The second kappa shape index (κ2) is 12.1. The quantitative estimate of drug-likeness (QED) is 0.312. The van der Waals surface area contributed by atoms with Crippen molar-refractivity contribution in [2.75, 3.05) is 0 Å². The van der Waals surface area contributed by atoms with Crippen LogP contribution in [0.25, 0.3) is 0 Å².